The van der Waals surface area contributed by atoms with Crippen molar-refractivity contribution in [2.24, 2.45) is 0 Å². The van der Waals surface area contributed by atoms with Gasteiger partial charge in [-0.15, -0.1) is 0 Å². The van der Waals surface area contributed by atoms with Crippen LogP contribution in [-0.2, 0) is 6.54 Å². The first-order valence-corrected chi connectivity index (χ1v) is 6.37. The topological polar surface area (TPSA) is 32.3 Å². The minimum absolute atomic E-state index is 0.0764. The van der Waals surface area contributed by atoms with Crippen molar-refractivity contribution in [1.29, 1.82) is 0 Å². The van der Waals surface area contributed by atoms with Crippen LogP contribution in [0.1, 0.15) is 24.2 Å². The number of aliphatic hydroxyl groups is 1. The number of hydrogen-bond donors (Lipinski definition) is 2. The molecule has 0 amide bonds. The maximum absolute atomic E-state index is 12.8. The van der Waals surface area contributed by atoms with E-state index in [2.05, 4.69) is 5.32 Å². The first-order chi connectivity index (χ1) is 9.16. The second kappa shape index (κ2) is 6.45. The zero-order valence-corrected chi connectivity index (χ0v) is 10.9. The molecular formula is C16H18FNO. The summed E-state index contributed by atoms with van der Waals surface area (Å²) in [7, 11) is 0. The van der Waals surface area contributed by atoms with Gasteiger partial charge in [0.25, 0.3) is 0 Å². The molecule has 0 radical (unpaired) electrons. The second-order valence-electron chi connectivity index (χ2n) is 4.65. The van der Waals surface area contributed by atoms with Crippen LogP contribution in [0, 0.1) is 5.82 Å². The summed E-state index contributed by atoms with van der Waals surface area (Å²) in [4.78, 5) is 0. The molecule has 0 fully saturated rings. The van der Waals surface area contributed by atoms with Crippen LogP contribution >= 0.6 is 0 Å². The number of halogens is 1. The highest BCUT2D eigenvalue weighted by Gasteiger charge is 2.15. The number of hydrogen-bond acceptors (Lipinski definition) is 2. The molecule has 2 rings (SSSR count). The van der Waals surface area contributed by atoms with Crippen LogP contribution in [0.3, 0.4) is 0 Å². The molecule has 0 saturated carbocycles. The first-order valence-electron chi connectivity index (χ1n) is 6.37. The highest BCUT2D eigenvalue weighted by Crippen LogP contribution is 2.16. The fourth-order valence-electron chi connectivity index (χ4n) is 1.93. The predicted molar refractivity (Wildman–Crippen MR) is 74.1 cm³/mol. The van der Waals surface area contributed by atoms with Crippen LogP contribution in [-0.4, -0.2) is 11.1 Å². The Labute approximate surface area is 112 Å². The van der Waals surface area contributed by atoms with E-state index in [1.54, 1.807) is 12.1 Å². The highest BCUT2D eigenvalue weighted by molar-refractivity contribution is 5.19. The van der Waals surface area contributed by atoms with Crippen molar-refractivity contribution in [2.45, 2.75) is 25.6 Å². The normalized spacial score (nSPS) is 14.1. The Morgan fingerprint density at radius 1 is 1.05 bits per heavy atom. The number of nitrogens with one attached hydrogen (secondary N) is 1. The highest BCUT2D eigenvalue weighted by atomic mass is 19.1. The Kier molecular flexibility index (Phi) is 4.66. The van der Waals surface area contributed by atoms with Crippen molar-refractivity contribution < 1.29 is 9.50 Å². The molecule has 0 saturated heterocycles. The summed E-state index contributed by atoms with van der Waals surface area (Å²) < 4.78 is 12.8. The van der Waals surface area contributed by atoms with Crippen molar-refractivity contribution in [3.8, 4) is 0 Å². The average Bonchev–Trinajstić information content (AvgIpc) is 2.46. The van der Waals surface area contributed by atoms with Gasteiger partial charge in [0.2, 0.25) is 0 Å². The molecule has 2 atom stereocenters. The molecule has 0 spiro atoms. The standard InChI is InChI=1S/C16H18FNO/c1-12(16(19)14-5-3-2-4-6-14)18-11-13-7-9-15(17)10-8-13/h2-10,12,16,18-19H,11H2,1H3/t12-,16-/m1/s1. The molecule has 0 aliphatic heterocycles. The monoisotopic (exact) mass is 259 g/mol. The van der Waals surface area contributed by atoms with Crippen LogP contribution in [0.4, 0.5) is 4.39 Å². The largest absolute Gasteiger partial charge is 0.387 e. The van der Waals surface area contributed by atoms with E-state index in [-0.39, 0.29) is 11.9 Å². The third kappa shape index (κ3) is 3.88. The van der Waals surface area contributed by atoms with E-state index in [0.29, 0.717) is 6.54 Å². The van der Waals surface area contributed by atoms with Crippen molar-refractivity contribution in [1.82, 2.24) is 5.32 Å². The van der Waals surface area contributed by atoms with Gasteiger partial charge in [-0.1, -0.05) is 42.5 Å². The summed E-state index contributed by atoms with van der Waals surface area (Å²) in [6, 6.07) is 15.8. The van der Waals surface area contributed by atoms with Gasteiger partial charge in [-0.2, -0.15) is 0 Å². The van der Waals surface area contributed by atoms with Crippen molar-refractivity contribution >= 4 is 0 Å². The van der Waals surface area contributed by atoms with E-state index in [4.69, 9.17) is 0 Å². The zero-order valence-electron chi connectivity index (χ0n) is 10.9. The van der Waals surface area contributed by atoms with Gasteiger partial charge in [0.05, 0.1) is 6.10 Å². The lowest BCUT2D eigenvalue weighted by molar-refractivity contribution is 0.135. The molecule has 0 aromatic heterocycles. The van der Waals surface area contributed by atoms with E-state index in [1.165, 1.54) is 12.1 Å². The molecule has 2 aromatic carbocycles. The summed E-state index contributed by atoms with van der Waals surface area (Å²) in [6.07, 6.45) is -0.554. The Bertz CT molecular complexity index is 498. The molecule has 0 heterocycles. The summed E-state index contributed by atoms with van der Waals surface area (Å²) in [5.41, 5.74) is 1.88. The predicted octanol–water partition coefficient (Wildman–Crippen LogP) is 3.04. The van der Waals surface area contributed by atoms with Crippen molar-refractivity contribution in [3.63, 3.8) is 0 Å². The van der Waals surface area contributed by atoms with E-state index in [1.807, 2.05) is 37.3 Å². The number of aliphatic hydroxyl groups excluding tert-OH is 1. The van der Waals surface area contributed by atoms with Crippen LogP contribution in [0.2, 0.25) is 0 Å². The molecule has 0 bridgehead atoms. The van der Waals surface area contributed by atoms with E-state index in [9.17, 15) is 9.50 Å². The molecule has 100 valence electrons. The Balaban J connectivity index is 1.90. The lowest BCUT2D eigenvalue weighted by Crippen LogP contribution is -2.31. The first kappa shape index (κ1) is 13.7. The molecule has 2 N–H and O–H groups in total. The third-order valence-corrected chi connectivity index (χ3v) is 3.16. The molecule has 0 aliphatic rings. The molecule has 0 aliphatic carbocycles. The summed E-state index contributed by atoms with van der Waals surface area (Å²) >= 11 is 0. The van der Waals surface area contributed by atoms with Gasteiger partial charge < -0.3 is 10.4 Å². The smallest absolute Gasteiger partial charge is 0.123 e. The van der Waals surface area contributed by atoms with Crippen LogP contribution < -0.4 is 5.32 Å². The van der Waals surface area contributed by atoms with Crippen molar-refractivity contribution in [3.05, 3.63) is 71.5 Å². The lowest BCUT2D eigenvalue weighted by Gasteiger charge is -2.20. The van der Waals surface area contributed by atoms with Crippen LogP contribution in [0.15, 0.2) is 54.6 Å². The molecular weight excluding hydrogens is 241 g/mol. The van der Waals surface area contributed by atoms with Gasteiger partial charge in [-0.3, -0.25) is 0 Å². The maximum atomic E-state index is 12.8. The number of rotatable bonds is 5. The van der Waals surface area contributed by atoms with Crippen LogP contribution in [0.25, 0.3) is 0 Å². The van der Waals surface area contributed by atoms with Gasteiger partial charge in [-0.05, 0) is 30.2 Å². The zero-order chi connectivity index (χ0) is 13.7. The maximum Gasteiger partial charge on any atom is 0.123 e. The van der Waals surface area contributed by atoms with Crippen LogP contribution in [0.5, 0.6) is 0 Å². The molecule has 2 aromatic rings. The lowest BCUT2D eigenvalue weighted by atomic mass is 10.0. The quantitative estimate of drug-likeness (QED) is 0.865. The summed E-state index contributed by atoms with van der Waals surface area (Å²) in [5, 5.41) is 13.4. The number of benzene rings is 2. The van der Waals surface area contributed by atoms with Gasteiger partial charge in [0, 0.05) is 12.6 Å². The van der Waals surface area contributed by atoms with Gasteiger partial charge in [-0.25, -0.2) is 4.39 Å². The fourth-order valence-corrected chi connectivity index (χ4v) is 1.93. The van der Waals surface area contributed by atoms with E-state index < -0.39 is 6.10 Å². The summed E-state index contributed by atoms with van der Waals surface area (Å²) in [6.45, 7) is 2.53. The Morgan fingerprint density at radius 2 is 1.68 bits per heavy atom. The SMILES string of the molecule is C[C@@H](NCc1ccc(F)cc1)[C@@H](O)c1ccccc1. The molecule has 0 unspecified atom stereocenters. The minimum Gasteiger partial charge on any atom is -0.387 e. The Hall–Kier alpha value is -1.71. The van der Waals surface area contributed by atoms with Gasteiger partial charge >= 0.3 is 0 Å². The molecule has 19 heavy (non-hydrogen) atoms. The minimum atomic E-state index is -0.554. The molecule has 3 heteroatoms. The molecule has 2 nitrogen and oxygen atoms in total. The van der Waals surface area contributed by atoms with E-state index >= 15 is 0 Å². The Morgan fingerprint density at radius 3 is 2.32 bits per heavy atom. The fraction of sp³-hybridized carbons (Fsp3) is 0.250. The van der Waals surface area contributed by atoms with Gasteiger partial charge in [0.15, 0.2) is 0 Å². The summed E-state index contributed by atoms with van der Waals surface area (Å²) in [5.74, 6) is -0.235. The van der Waals surface area contributed by atoms with Gasteiger partial charge in [0.1, 0.15) is 5.82 Å². The van der Waals surface area contributed by atoms with Crippen molar-refractivity contribution in [2.75, 3.05) is 0 Å². The average molecular weight is 259 g/mol. The third-order valence-electron chi connectivity index (χ3n) is 3.16. The second-order valence-corrected chi connectivity index (χ2v) is 4.65. The van der Waals surface area contributed by atoms with E-state index in [0.717, 1.165) is 11.1 Å².